The minimum atomic E-state index is -4.35. The average molecular weight is 398 g/mol. The number of halogens is 3. The topological polar surface area (TPSA) is 45.4 Å². The van der Waals surface area contributed by atoms with Crippen molar-refractivity contribution >= 4 is 11.8 Å². The van der Waals surface area contributed by atoms with Gasteiger partial charge in [0, 0.05) is 43.5 Å². The molecule has 0 spiro atoms. The lowest BCUT2D eigenvalue weighted by Gasteiger charge is -2.37. The molecule has 0 saturated carbocycles. The number of benzene rings is 1. The number of hydrogen-bond donors (Lipinski definition) is 0. The van der Waals surface area contributed by atoms with E-state index in [4.69, 9.17) is 4.52 Å². The second-order valence-electron chi connectivity index (χ2n) is 6.92. The van der Waals surface area contributed by atoms with E-state index >= 15 is 0 Å². The predicted molar refractivity (Wildman–Crippen MR) is 97.3 cm³/mol. The lowest BCUT2D eigenvalue weighted by molar-refractivity contribution is -0.137. The highest BCUT2D eigenvalue weighted by molar-refractivity contribution is 7.99. The van der Waals surface area contributed by atoms with E-state index in [1.54, 1.807) is 0 Å². The van der Waals surface area contributed by atoms with Gasteiger partial charge in [-0.05, 0) is 24.3 Å². The molecule has 1 aromatic carbocycles. The molecule has 2 fully saturated rings. The summed E-state index contributed by atoms with van der Waals surface area (Å²) in [5.74, 6) is 3.31. The summed E-state index contributed by atoms with van der Waals surface area (Å²) in [6, 6.07) is 5.52. The lowest BCUT2D eigenvalue weighted by Crippen LogP contribution is -2.50. The van der Waals surface area contributed by atoms with E-state index < -0.39 is 11.7 Å². The van der Waals surface area contributed by atoms with Crippen molar-refractivity contribution in [1.29, 1.82) is 0 Å². The third-order valence-corrected chi connectivity index (χ3v) is 6.27. The number of nitrogens with zero attached hydrogens (tertiary/aromatic N) is 4. The van der Waals surface area contributed by atoms with Crippen LogP contribution in [0.1, 0.15) is 17.9 Å². The normalized spacial score (nSPS) is 22.4. The maximum Gasteiger partial charge on any atom is 0.416 e. The van der Waals surface area contributed by atoms with Crippen LogP contribution in [0.4, 0.5) is 13.2 Å². The van der Waals surface area contributed by atoms with Crippen LogP contribution in [0.5, 0.6) is 0 Å². The van der Waals surface area contributed by atoms with E-state index in [9.17, 15) is 13.2 Å². The van der Waals surface area contributed by atoms with Crippen molar-refractivity contribution in [1.82, 2.24) is 19.9 Å². The summed E-state index contributed by atoms with van der Waals surface area (Å²) in [5.41, 5.74) is -0.171. The van der Waals surface area contributed by atoms with E-state index in [-0.39, 0.29) is 0 Å². The average Bonchev–Trinajstić information content (AvgIpc) is 3.34. The molecule has 0 unspecified atom stereocenters. The molecule has 146 valence electrons. The van der Waals surface area contributed by atoms with Crippen molar-refractivity contribution < 1.29 is 17.7 Å². The summed E-state index contributed by atoms with van der Waals surface area (Å²) in [6.07, 6.45) is -3.06. The van der Waals surface area contributed by atoms with Crippen molar-refractivity contribution in [3.05, 3.63) is 35.7 Å². The fourth-order valence-corrected chi connectivity index (χ4v) is 4.79. The van der Waals surface area contributed by atoms with Crippen LogP contribution >= 0.6 is 11.8 Å². The molecule has 2 aromatic rings. The molecule has 3 heterocycles. The first-order valence-electron chi connectivity index (χ1n) is 9.03. The fraction of sp³-hybridized carbons (Fsp3) is 0.556. The van der Waals surface area contributed by atoms with Gasteiger partial charge in [-0.2, -0.15) is 29.9 Å². The summed E-state index contributed by atoms with van der Waals surface area (Å²) in [4.78, 5) is 9.19. The van der Waals surface area contributed by atoms with E-state index in [0.717, 1.165) is 38.3 Å². The van der Waals surface area contributed by atoms with Crippen molar-refractivity contribution in [2.45, 2.75) is 25.2 Å². The molecule has 2 saturated heterocycles. The van der Waals surface area contributed by atoms with Crippen LogP contribution in [0.3, 0.4) is 0 Å². The van der Waals surface area contributed by atoms with Crippen LogP contribution in [0, 0.1) is 0 Å². The number of rotatable bonds is 4. The Labute approximate surface area is 159 Å². The molecular formula is C18H21F3N4OS. The van der Waals surface area contributed by atoms with E-state index in [1.165, 1.54) is 30.1 Å². The minimum Gasteiger partial charge on any atom is -0.338 e. The number of aromatic nitrogens is 2. The summed E-state index contributed by atoms with van der Waals surface area (Å²) in [6.45, 7) is 4.58. The number of piperazine rings is 1. The molecule has 0 aliphatic carbocycles. The van der Waals surface area contributed by atoms with E-state index in [1.807, 2.05) is 11.8 Å². The molecule has 2 aliphatic heterocycles. The van der Waals surface area contributed by atoms with Crippen molar-refractivity contribution in [2.24, 2.45) is 0 Å². The van der Waals surface area contributed by atoms with Crippen LogP contribution < -0.4 is 0 Å². The Bertz CT molecular complexity index is 751. The fourth-order valence-electron chi connectivity index (χ4n) is 3.53. The zero-order chi connectivity index (χ0) is 18.9. The number of alkyl halides is 3. The molecule has 5 nitrogen and oxygen atoms in total. The van der Waals surface area contributed by atoms with Gasteiger partial charge in [-0.25, -0.2) is 0 Å². The Balaban J connectivity index is 1.33. The molecule has 0 bridgehead atoms. The smallest absolute Gasteiger partial charge is 0.338 e. The monoisotopic (exact) mass is 398 g/mol. The standard InChI is InChI=1S/C18H21F3N4OS/c19-18(20,21)14-3-1-13(2-4-14)17-22-16(26-23-17)11-24-6-8-25(9-7-24)15-5-10-27-12-15/h1-4,15H,5-12H2/t15-/m1/s1. The van der Waals surface area contributed by atoms with Crippen molar-refractivity contribution in [3.63, 3.8) is 0 Å². The maximum absolute atomic E-state index is 12.7. The molecule has 2 aliphatic rings. The molecule has 4 rings (SSSR count). The van der Waals surface area contributed by atoms with Gasteiger partial charge in [-0.1, -0.05) is 17.3 Å². The highest BCUT2D eigenvalue weighted by Gasteiger charge is 2.30. The summed E-state index contributed by atoms with van der Waals surface area (Å²) in [7, 11) is 0. The van der Waals surface area contributed by atoms with Gasteiger partial charge in [0.15, 0.2) is 0 Å². The number of hydrogen-bond acceptors (Lipinski definition) is 6. The highest BCUT2D eigenvalue weighted by atomic mass is 32.2. The van der Waals surface area contributed by atoms with Gasteiger partial charge in [-0.15, -0.1) is 0 Å². The zero-order valence-corrected chi connectivity index (χ0v) is 15.6. The van der Waals surface area contributed by atoms with Crippen LogP contribution in [0.25, 0.3) is 11.4 Å². The first kappa shape index (κ1) is 18.8. The quantitative estimate of drug-likeness (QED) is 0.787. The number of thioether (sulfide) groups is 1. The van der Waals surface area contributed by atoms with E-state index in [0.29, 0.717) is 29.9 Å². The van der Waals surface area contributed by atoms with Gasteiger partial charge in [-0.3, -0.25) is 9.80 Å². The van der Waals surface area contributed by atoms with Crippen molar-refractivity contribution in [3.8, 4) is 11.4 Å². The predicted octanol–water partition coefficient (Wildman–Crippen LogP) is 3.38. The van der Waals surface area contributed by atoms with Crippen LogP contribution in [-0.2, 0) is 12.7 Å². The van der Waals surface area contributed by atoms with Crippen LogP contribution in [-0.4, -0.2) is 63.7 Å². The Kier molecular flexibility index (Phi) is 5.43. The molecule has 1 atom stereocenters. The Hall–Kier alpha value is -1.58. The summed E-state index contributed by atoms with van der Waals surface area (Å²) in [5, 5.41) is 3.91. The van der Waals surface area contributed by atoms with Gasteiger partial charge in [0.25, 0.3) is 0 Å². The molecule has 9 heteroatoms. The largest absolute Gasteiger partial charge is 0.416 e. The van der Waals surface area contributed by atoms with Crippen LogP contribution in [0.15, 0.2) is 28.8 Å². The minimum absolute atomic E-state index is 0.320. The van der Waals surface area contributed by atoms with Gasteiger partial charge >= 0.3 is 6.18 Å². The molecule has 27 heavy (non-hydrogen) atoms. The second-order valence-corrected chi connectivity index (χ2v) is 8.07. The molecule has 0 amide bonds. The first-order chi connectivity index (χ1) is 13.0. The van der Waals surface area contributed by atoms with Crippen molar-refractivity contribution in [2.75, 3.05) is 37.7 Å². The Morgan fingerprint density at radius 3 is 2.48 bits per heavy atom. The molecule has 0 N–H and O–H groups in total. The zero-order valence-electron chi connectivity index (χ0n) is 14.8. The first-order valence-corrected chi connectivity index (χ1v) is 10.2. The maximum atomic E-state index is 12.7. The highest BCUT2D eigenvalue weighted by Crippen LogP contribution is 2.30. The Morgan fingerprint density at radius 2 is 1.85 bits per heavy atom. The summed E-state index contributed by atoms with van der Waals surface area (Å²) < 4.78 is 43.3. The molecule has 0 radical (unpaired) electrons. The van der Waals surface area contributed by atoms with Gasteiger partial charge < -0.3 is 4.52 Å². The third kappa shape index (κ3) is 4.47. The molecule has 1 aromatic heterocycles. The van der Waals surface area contributed by atoms with E-state index in [2.05, 4.69) is 19.9 Å². The summed E-state index contributed by atoms with van der Waals surface area (Å²) >= 11 is 2.03. The van der Waals surface area contributed by atoms with Gasteiger partial charge in [0.05, 0.1) is 12.1 Å². The second kappa shape index (κ2) is 7.81. The Morgan fingerprint density at radius 1 is 1.11 bits per heavy atom. The van der Waals surface area contributed by atoms with Crippen LogP contribution in [0.2, 0.25) is 0 Å². The van der Waals surface area contributed by atoms with Gasteiger partial charge in [0.1, 0.15) is 0 Å². The molecular weight excluding hydrogens is 377 g/mol. The SMILES string of the molecule is FC(F)(F)c1ccc(-c2noc(CN3CCN([C@@H]4CCSC4)CC3)n2)cc1. The third-order valence-electron chi connectivity index (χ3n) is 5.13. The lowest BCUT2D eigenvalue weighted by atomic mass is 10.1. The van der Waals surface area contributed by atoms with Gasteiger partial charge in [0.2, 0.25) is 11.7 Å².